The van der Waals surface area contributed by atoms with E-state index in [1.54, 1.807) is 0 Å². The molecule has 4 heteroatoms. The molecule has 1 fully saturated rings. The Morgan fingerprint density at radius 2 is 2.41 bits per heavy atom. The van der Waals surface area contributed by atoms with E-state index in [1.807, 2.05) is 0 Å². The van der Waals surface area contributed by atoms with Crippen molar-refractivity contribution < 1.29 is 4.52 Å². The number of hydrogen-bond donors (Lipinski definition) is 1. The molecular formula is C13H19N3O. The van der Waals surface area contributed by atoms with E-state index in [0.29, 0.717) is 24.9 Å². The van der Waals surface area contributed by atoms with Gasteiger partial charge in [0.1, 0.15) is 0 Å². The molecule has 1 aliphatic carbocycles. The predicted octanol–water partition coefficient (Wildman–Crippen LogP) is 2.09. The first kappa shape index (κ1) is 12.1. The Labute approximate surface area is 102 Å². The second kappa shape index (κ2) is 5.83. The summed E-state index contributed by atoms with van der Waals surface area (Å²) < 4.78 is 5.21. The van der Waals surface area contributed by atoms with Crippen LogP contribution in [0.15, 0.2) is 4.52 Å². The van der Waals surface area contributed by atoms with Crippen LogP contribution in [0.4, 0.5) is 0 Å². The standard InChI is InChI=1S/C13H19N3O/c1-3-7-14-9-12-15-13(16-17-12)11-6-4-5-10(2)8-11/h1,10-11,14H,4-9H2,2H3. The second-order valence-corrected chi connectivity index (χ2v) is 4.82. The van der Waals surface area contributed by atoms with E-state index in [1.165, 1.54) is 25.7 Å². The van der Waals surface area contributed by atoms with E-state index in [0.717, 1.165) is 11.7 Å². The molecule has 4 nitrogen and oxygen atoms in total. The van der Waals surface area contributed by atoms with Crippen LogP contribution in [0.25, 0.3) is 0 Å². The summed E-state index contributed by atoms with van der Waals surface area (Å²) in [5, 5.41) is 7.12. The molecule has 2 rings (SSSR count). The number of nitrogens with zero attached hydrogens (tertiary/aromatic N) is 2. The third kappa shape index (κ3) is 3.31. The van der Waals surface area contributed by atoms with Crippen LogP contribution in [0.3, 0.4) is 0 Å². The summed E-state index contributed by atoms with van der Waals surface area (Å²) in [5.74, 6) is 5.26. The molecule has 2 atom stereocenters. The van der Waals surface area contributed by atoms with Gasteiger partial charge in [-0.2, -0.15) is 4.98 Å². The normalized spacial score (nSPS) is 24.5. The fourth-order valence-corrected chi connectivity index (χ4v) is 2.42. The van der Waals surface area contributed by atoms with E-state index in [4.69, 9.17) is 10.9 Å². The lowest BCUT2D eigenvalue weighted by atomic mass is 9.82. The molecule has 0 radical (unpaired) electrons. The van der Waals surface area contributed by atoms with Crippen molar-refractivity contribution in [3.63, 3.8) is 0 Å². The molecule has 92 valence electrons. The lowest BCUT2D eigenvalue weighted by Crippen LogP contribution is -2.14. The molecule has 1 N–H and O–H groups in total. The zero-order valence-electron chi connectivity index (χ0n) is 10.3. The molecule has 1 aliphatic rings. The zero-order valence-corrected chi connectivity index (χ0v) is 10.3. The molecule has 2 unspecified atom stereocenters. The monoisotopic (exact) mass is 233 g/mol. The summed E-state index contributed by atoms with van der Waals surface area (Å²) in [6, 6.07) is 0. The topological polar surface area (TPSA) is 51.0 Å². The SMILES string of the molecule is C#CCNCc1nc(C2CCCC(C)C2)no1. The van der Waals surface area contributed by atoms with E-state index in [-0.39, 0.29) is 0 Å². The van der Waals surface area contributed by atoms with Crippen LogP contribution < -0.4 is 5.32 Å². The predicted molar refractivity (Wildman–Crippen MR) is 65.2 cm³/mol. The first-order chi connectivity index (χ1) is 8.29. The Balaban J connectivity index is 1.91. The van der Waals surface area contributed by atoms with Gasteiger partial charge >= 0.3 is 0 Å². The number of rotatable bonds is 4. The average Bonchev–Trinajstić information content (AvgIpc) is 2.78. The van der Waals surface area contributed by atoms with Crippen LogP contribution >= 0.6 is 0 Å². The third-order valence-corrected chi connectivity index (χ3v) is 3.29. The van der Waals surface area contributed by atoms with Crippen molar-refractivity contribution in [2.75, 3.05) is 6.54 Å². The van der Waals surface area contributed by atoms with Gasteiger partial charge in [-0.15, -0.1) is 6.42 Å². The number of nitrogens with one attached hydrogen (secondary N) is 1. The van der Waals surface area contributed by atoms with Crippen molar-refractivity contribution >= 4 is 0 Å². The molecule has 1 aromatic rings. The van der Waals surface area contributed by atoms with Gasteiger partial charge in [-0.05, 0) is 18.8 Å². The maximum absolute atomic E-state index is 5.21. The number of aromatic nitrogens is 2. The van der Waals surface area contributed by atoms with Gasteiger partial charge in [0.25, 0.3) is 0 Å². The van der Waals surface area contributed by atoms with Gasteiger partial charge in [0.15, 0.2) is 5.82 Å². The molecule has 1 heterocycles. The maximum atomic E-state index is 5.21. The second-order valence-electron chi connectivity index (χ2n) is 4.82. The van der Waals surface area contributed by atoms with Crippen molar-refractivity contribution in [2.24, 2.45) is 5.92 Å². The molecule has 17 heavy (non-hydrogen) atoms. The highest BCUT2D eigenvalue weighted by molar-refractivity contribution is 4.98. The highest BCUT2D eigenvalue weighted by Gasteiger charge is 2.24. The quantitative estimate of drug-likeness (QED) is 0.639. The van der Waals surface area contributed by atoms with Crippen molar-refractivity contribution in [1.82, 2.24) is 15.5 Å². The summed E-state index contributed by atoms with van der Waals surface area (Å²) in [7, 11) is 0. The Bertz CT molecular complexity index is 394. The molecule has 1 saturated carbocycles. The van der Waals surface area contributed by atoms with Gasteiger partial charge in [-0.25, -0.2) is 0 Å². The molecule has 0 aliphatic heterocycles. The average molecular weight is 233 g/mol. The Morgan fingerprint density at radius 3 is 3.18 bits per heavy atom. The molecule has 0 amide bonds. The van der Waals surface area contributed by atoms with Crippen LogP contribution in [0.1, 0.15) is 50.2 Å². The van der Waals surface area contributed by atoms with E-state index >= 15 is 0 Å². The molecule has 0 aromatic carbocycles. The zero-order chi connectivity index (χ0) is 12.1. The minimum atomic E-state index is 0.476. The first-order valence-corrected chi connectivity index (χ1v) is 6.26. The van der Waals surface area contributed by atoms with Crippen LogP contribution in [0.2, 0.25) is 0 Å². The first-order valence-electron chi connectivity index (χ1n) is 6.26. The Morgan fingerprint density at radius 1 is 1.53 bits per heavy atom. The largest absolute Gasteiger partial charge is 0.338 e. The van der Waals surface area contributed by atoms with Gasteiger partial charge in [0.05, 0.1) is 13.1 Å². The van der Waals surface area contributed by atoms with E-state index in [2.05, 4.69) is 28.3 Å². The summed E-state index contributed by atoms with van der Waals surface area (Å²) in [4.78, 5) is 4.43. The Kier molecular flexibility index (Phi) is 4.16. The molecule has 0 saturated heterocycles. The van der Waals surface area contributed by atoms with Gasteiger partial charge in [-0.3, -0.25) is 5.32 Å². The van der Waals surface area contributed by atoms with Gasteiger partial charge in [0, 0.05) is 5.92 Å². The summed E-state index contributed by atoms with van der Waals surface area (Å²) in [5.41, 5.74) is 0. The van der Waals surface area contributed by atoms with Crippen LogP contribution in [-0.2, 0) is 6.54 Å². The Hall–Kier alpha value is -1.34. The molecule has 0 bridgehead atoms. The fraction of sp³-hybridized carbons (Fsp3) is 0.692. The third-order valence-electron chi connectivity index (χ3n) is 3.29. The molecular weight excluding hydrogens is 214 g/mol. The number of terminal acetylenes is 1. The lowest BCUT2D eigenvalue weighted by molar-refractivity contribution is 0.318. The molecule has 0 spiro atoms. The molecule has 1 aromatic heterocycles. The minimum absolute atomic E-state index is 0.476. The summed E-state index contributed by atoms with van der Waals surface area (Å²) in [6.45, 7) is 3.37. The highest BCUT2D eigenvalue weighted by atomic mass is 16.5. The minimum Gasteiger partial charge on any atom is -0.338 e. The van der Waals surface area contributed by atoms with Crippen molar-refractivity contribution in [3.05, 3.63) is 11.7 Å². The van der Waals surface area contributed by atoms with Crippen LogP contribution in [0.5, 0.6) is 0 Å². The van der Waals surface area contributed by atoms with Gasteiger partial charge < -0.3 is 4.52 Å². The van der Waals surface area contributed by atoms with Gasteiger partial charge in [-0.1, -0.05) is 30.8 Å². The van der Waals surface area contributed by atoms with Crippen LogP contribution in [-0.4, -0.2) is 16.7 Å². The highest BCUT2D eigenvalue weighted by Crippen LogP contribution is 2.34. The fourth-order valence-electron chi connectivity index (χ4n) is 2.42. The van der Waals surface area contributed by atoms with Crippen LogP contribution in [0, 0.1) is 18.3 Å². The van der Waals surface area contributed by atoms with E-state index in [9.17, 15) is 0 Å². The van der Waals surface area contributed by atoms with Crippen molar-refractivity contribution in [2.45, 2.75) is 45.1 Å². The van der Waals surface area contributed by atoms with Gasteiger partial charge in [0.2, 0.25) is 5.89 Å². The smallest absolute Gasteiger partial charge is 0.240 e. The lowest BCUT2D eigenvalue weighted by Gasteiger charge is -2.23. The summed E-state index contributed by atoms with van der Waals surface area (Å²) in [6.07, 6.45) is 10.1. The number of hydrogen-bond acceptors (Lipinski definition) is 4. The van der Waals surface area contributed by atoms with Crippen molar-refractivity contribution in [3.8, 4) is 12.3 Å². The van der Waals surface area contributed by atoms with E-state index < -0.39 is 0 Å². The van der Waals surface area contributed by atoms with Crippen molar-refractivity contribution in [1.29, 1.82) is 0 Å². The maximum Gasteiger partial charge on any atom is 0.240 e. The summed E-state index contributed by atoms with van der Waals surface area (Å²) >= 11 is 0.